The Bertz CT molecular complexity index is 1140. The van der Waals surface area contributed by atoms with Gasteiger partial charge in [-0.15, -0.1) is 0 Å². The lowest BCUT2D eigenvalue weighted by Crippen LogP contribution is -2.48. The summed E-state index contributed by atoms with van der Waals surface area (Å²) in [6.45, 7) is 3.83. The van der Waals surface area contributed by atoms with Crippen LogP contribution in [0.4, 0.5) is 11.4 Å². The number of rotatable bonds is 3. The molecule has 2 aliphatic rings. The van der Waals surface area contributed by atoms with E-state index in [9.17, 15) is 18.0 Å². The Morgan fingerprint density at radius 3 is 2.52 bits per heavy atom. The third-order valence-corrected chi connectivity index (χ3v) is 7.51. The standard InChI is InChI=1S/C21H22ClN3O5S/c1-13-10-24(11-14(2)30-13)31(28,29)19-9-15(7-8-16(19)22)21(27)25-12-20(26)23-17-5-3-4-6-18(17)25/h3-9,13-14H,10-12H2,1-2H3,(H,23,26)/t13-,14+. The molecule has 2 aromatic rings. The second kappa shape index (κ2) is 8.23. The van der Waals surface area contributed by atoms with Crippen molar-refractivity contribution in [3.63, 3.8) is 0 Å². The molecule has 0 spiro atoms. The largest absolute Gasteiger partial charge is 0.373 e. The average Bonchev–Trinajstić information content (AvgIpc) is 2.72. The molecule has 1 fully saturated rings. The van der Waals surface area contributed by atoms with Crippen LogP contribution in [0.5, 0.6) is 0 Å². The summed E-state index contributed by atoms with van der Waals surface area (Å²) < 4.78 is 33.5. The number of benzene rings is 2. The first-order valence-electron chi connectivity index (χ1n) is 9.82. The number of fused-ring (bicyclic) bond motifs is 1. The van der Waals surface area contributed by atoms with E-state index in [0.29, 0.717) is 11.4 Å². The highest BCUT2D eigenvalue weighted by molar-refractivity contribution is 7.89. The molecule has 0 saturated carbocycles. The smallest absolute Gasteiger partial charge is 0.258 e. The van der Waals surface area contributed by atoms with E-state index in [0.717, 1.165) is 0 Å². The minimum Gasteiger partial charge on any atom is -0.373 e. The van der Waals surface area contributed by atoms with Crippen LogP contribution in [0.3, 0.4) is 0 Å². The third-order valence-electron chi connectivity index (χ3n) is 5.20. The molecule has 0 unspecified atom stereocenters. The number of para-hydroxylation sites is 2. The summed E-state index contributed by atoms with van der Waals surface area (Å²) in [5, 5.41) is 2.75. The minimum atomic E-state index is -3.95. The molecule has 1 saturated heterocycles. The first-order chi connectivity index (χ1) is 14.7. The number of sulfonamides is 1. The Morgan fingerprint density at radius 2 is 1.81 bits per heavy atom. The van der Waals surface area contributed by atoms with Gasteiger partial charge >= 0.3 is 0 Å². The summed E-state index contributed by atoms with van der Waals surface area (Å²) in [5.74, 6) is -0.815. The van der Waals surface area contributed by atoms with Crippen molar-refractivity contribution in [1.29, 1.82) is 0 Å². The van der Waals surface area contributed by atoms with Crippen molar-refractivity contribution in [2.24, 2.45) is 0 Å². The van der Waals surface area contributed by atoms with Gasteiger partial charge in [-0.2, -0.15) is 4.31 Å². The first-order valence-corrected chi connectivity index (χ1v) is 11.6. The summed E-state index contributed by atoms with van der Waals surface area (Å²) in [7, 11) is -3.95. The normalized spacial score (nSPS) is 22.0. The number of anilines is 2. The van der Waals surface area contributed by atoms with Crippen molar-refractivity contribution < 1.29 is 22.7 Å². The topological polar surface area (TPSA) is 96.0 Å². The maximum Gasteiger partial charge on any atom is 0.258 e. The fraction of sp³-hybridized carbons (Fsp3) is 0.333. The minimum absolute atomic E-state index is 0.0279. The van der Waals surface area contributed by atoms with E-state index in [1.54, 1.807) is 38.1 Å². The van der Waals surface area contributed by atoms with Crippen LogP contribution in [0.2, 0.25) is 5.02 Å². The number of hydrogen-bond acceptors (Lipinski definition) is 5. The van der Waals surface area contributed by atoms with Crippen molar-refractivity contribution >= 4 is 44.8 Å². The number of nitrogens with one attached hydrogen (secondary N) is 1. The Morgan fingerprint density at radius 1 is 1.13 bits per heavy atom. The van der Waals surface area contributed by atoms with E-state index in [-0.39, 0.29) is 53.2 Å². The van der Waals surface area contributed by atoms with E-state index in [1.165, 1.54) is 27.4 Å². The fourth-order valence-electron chi connectivity index (χ4n) is 3.87. The van der Waals surface area contributed by atoms with Gasteiger partial charge in [-0.1, -0.05) is 23.7 Å². The van der Waals surface area contributed by atoms with Gasteiger partial charge in [-0.25, -0.2) is 8.42 Å². The van der Waals surface area contributed by atoms with Gasteiger partial charge in [0.15, 0.2) is 0 Å². The van der Waals surface area contributed by atoms with E-state index in [2.05, 4.69) is 5.32 Å². The number of nitrogens with zero attached hydrogens (tertiary/aromatic N) is 2. The number of hydrogen-bond donors (Lipinski definition) is 1. The maximum absolute atomic E-state index is 13.3. The molecule has 4 rings (SSSR count). The molecule has 164 valence electrons. The van der Waals surface area contributed by atoms with E-state index in [1.807, 2.05) is 0 Å². The molecule has 0 bridgehead atoms. The molecule has 2 heterocycles. The van der Waals surface area contributed by atoms with Gasteiger partial charge < -0.3 is 10.1 Å². The quantitative estimate of drug-likeness (QED) is 0.755. The highest BCUT2D eigenvalue weighted by Gasteiger charge is 2.35. The monoisotopic (exact) mass is 463 g/mol. The maximum atomic E-state index is 13.3. The van der Waals surface area contributed by atoms with Crippen LogP contribution < -0.4 is 10.2 Å². The Kier molecular flexibility index (Phi) is 5.78. The van der Waals surface area contributed by atoms with Crippen LogP contribution >= 0.6 is 11.6 Å². The number of amides is 2. The van der Waals surface area contributed by atoms with E-state index in [4.69, 9.17) is 16.3 Å². The summed E-state index contributed by atoms with van der Waals surface area (Å²) >= 11 is 6.24. The zero-order chi connectivity index (χ0) is 22.3. The number of carbonyl (C=O) groups is 2. The number of ether oxygens (including phenoxy) is 1. The Balaban J connectivity index is 1.70. The lowest BCUT2D eigenvalue weighted by Gasteiger charge is -2.34. The zero-order valence-corrected chi connectivity index (χ0v) is 18.6. The zero-order valence-electron chi connectivity index (χ0n) is 17.0. The van der Waals surface area contributed by atoms with Crippen molar-refractivity contribution in [2.45, 2.75) is 31.0 Å². The molecule has 8 nitrogen and oxygen atoms in total. The summed E-state index contributed by atoms with van der Waals surface area (Å²) in [6, 6.07) is 11.1. The van der Waals surface area contributed by atoms with Gasteiger partial charge in [0, 0.05) is 18.7 Å². The Hall–Kier alpha value is -2.46. The molecule has 0 aliphatic carbocycles. The predicted molar refractivity (Wildman–Crippen MR) is 117 cm³/mol. The van der Waals surface area contributed by atoms with Gasteiger partial charge in [-0.3, -0.25) is 14.5 Å². The van der Waals surface area contributed by atoms with Crippen LogP contribution in [0.25, 0.3) is 0 Å². The molecule has 2 atom stereocenters. The van der Waals surface area contributed by atoms with Crippen LogP contribution in [0.1, 0.15) is 24.2 Å². The van der Waals surface area contributed by atoms with Crippen LogP contribution in [0.15, 0.2) is 47.4 Å². The van der Waals surface area contributed by atoms with Gasteiger partial charge in [0.1, 0.15) is 11.4 Å². The molecule has 0 aromatic heterocycles. The highest BCUT2D eigenvalue weighted by atomic mass is 35.5. The molecule has 2 aromatic carbocycles. The van der Waals surface area contributed by atoms with Gasteiger partial charge in [0.2, 0.25) is 15.9 Å². The summed E-state index contributed by atoms with van der Waals surface area (Å²) in [5.41, 5.74) is 1.19. The number of morpholine rings is 1. The first kappa shape index (κ1) is 21.8. The second-order valence-corrected chi connectivity index (χ2v) is 9.99. The number of carbonyl (C=O) groups excluding carboxylic acids is 2. The van der Waals surface area contributed by atoms with E-state index < -0.39 is 15.9 Å². The molecule has 31 heavy (non-hydrogen) atoms. The molecule has 2 aliphatic heterocycles. The second-order valence-electron chi connectivity index (χ2n) is 7.68. The summed E-state index contributed by atoms with van der Waals surface area (Å²) in [6.07, 6.45) is -0.518. The van der Waals surface area contributed by atoms with Gasteiger partial charge in [0.25, 0.3) is 5.91 Å². The molecular weight excluding hydrogens is 442 g/mol. The molecule has 1 N–H and O–H groups in total. The van der Waals surface area contributed by atoms with Crippen molar-refractivity contribution in [3.8, 4) is 0 Å². The summed E-state index contributed by atoms with van der Waals surface area (Å²) in [4.78, 5) is 26.5. The number of halogens is 1. The fourth-order valence-corrected chi connectivity index (χ4v) is 5.96. The molecule has 0 radical (unpaired) electrons. The third kappa shape index (κ3) is 4.18. The SMILES string of the molecule is C[C@@H]1CN(S(=O)(=O)c2cc(C(=O)N3CC(=O)Nc4ccccc43)ccc2Cl)C[C@H](C)O1. The lowest BCUT2D eigenvalue weighted by atomic mass is 10.1. The Labute approximate surface area is 185 Å². The van der Waals surface area contributed by atoms with Gasteiger partial charge in [-0.05, 0) is 44.2 Å². The molecular formula is C21H22ClN3O5S. The lowest BCUT2D eigenvalue weighted by molar-refractivity contribution is -0.115. The van der Waals surface area contributed by atoms with Crippen LogP contribution in [-0.4, -0.2) is 56.4 Å². The average molecular weight is 464 g/mol. The van der Waals surface area contributed by atoms with Crippen LogP contribution in [0, 0.1) is 0 Å². The van der Waals surface area contributed by atoms with Crippen LogP contribution in [-0.2, 0) is 19.6 Å². The highest BCUT2D eigenvalue weighted by Crippen LogP contribution is 2.32. The predicted octanol–water partition coefficient (Wildman–Crippen LogP) is 2.74. The van der Waals surface area contributed by atoms with Gasteiger partial charge in [0.05, 0.1) is 28.6 Å². The van der Waals surface area contributed by atoms with Crippen molar-refractivity contribution in [1.82, 2.24) is 4.31 Å². The molecule has 10 heteroatoms. The van der Waals surface area contributed by atoms with Crippen molar-refractivity contribution in [2.75, 3.05) is 29.9 Å². The van der Waals surface area contributed by atoms with Crippen molar-refractivity contribution in [3.05, 3.63) is 53.1 Å². The van der Waals surface area contributed by atoms with E-state index >= 15 is 0 Å². The molecule has 2 amide bonds.